The molecule has 0 heterocycles. The van der Waals surface area contributed by atoms with Gasteiger partial charge in [0.15, 0.2) is 0 Å². The second-order valence-electron chi connectivity index (χ2n) is 7.89. The van der Waals surface area contributed by atoms with Crippen molar-refractivity contribution in [3.63, 3.8) is 0 Å². The number of rotatable bonds is 13. The molecule has 0 bridgehead atoms. The van der Waals surface area contributed by atoms with Crippen LogP contribution in [0.2, 0.25) is 0 Å². The van der Waals surface area contributed by atoms with E-state index >= 15 is 0 Å². The molecule has 0 aliphatic rings. The van der Waals surface area contributed by atoms with Gasteiger partial charge in [-0.2, -0.15) is 0 Å². The second kappa shape index (κ2) is 12.1. The standard InChI is InChI=1S/C25H36O2S/c1-3-4-5-6-7-8-9-10-11-12-13-23-16-20-25(21-17-23)28(26,27)24-18-14-22(2)15-19-24/h14-21H,3-13H2,1-2H3. The zero-order valence-electron chi connectivity index (χ0n) is 17.6. The topological polar surface area (TPSA) is 34.1 Å². The van der Waals surface area contributed by atoms with Crippen molar-refractivity contribution < 1.29 is 8.42 Å². The molecule has 2 aromatic rings. The van der Waals surface area contributed by atoms with Crippen LogP contribution in [0.1, 0.15) is 82.3 Å². The molecule has 0 fully saturated rings. The number of unbranched alkanes of at least 4 members (excludes halogenated alkanes) is 9. The molecule has 0 aliphatic heterocycles. The molecule has 0 aromatic heterocycles. The van der Waals surface area contributed by atoms with Crippen molar-refractivity contribution in [3.8, 4) is 0 Å². The maximum Gasteiger partial charge on any atom is 0.206 e. The first kappa shape index (κ1) is 22.7. The highest BCUT2D eigenvalue weighted by molar-refractivity contribution is 7.91. The van der Waals surface area contributed by atoms with Crippen molar-refractivity contribution in [1.29, 1.82) is 0 Å². The molecule has 154 valence electrons. The van der Waals surface area contributed by atoms with Gasteiger partial charge in [-0.1, -0.05) is 94.5 Å². The first-order chi connectivity index (χ1) is 13.5. The van der Waals surface area contributed by atoms with Crippen LogP contribution >= 0.6 is 0 Å². The molecule has 0 spiro atoms. The fraction of sp³-hybridized carbons (Fsp3) is 0.520. The summed E-state index contributed by atoms with van der Waals surface area (Å²) in [5, 5.41) is 0. The molecule has 0 atom stereocenters. The average Bonchev–Trinajstić information content (AvgIpc) is 2.70. The van der Waals surface area contributed by atoms with Crippen molar-refractivity contribution in [2.75, 3.05) is 0 Å². The molecule has 2 rings (SSSR count). The highest BCUT2D eigenvalue weighted by Crippen LogP contribution is 2.22. The molecule has 0 unspecified atom stereocenters. The number of hydrogen-bond donors (Lipinski definition) is 0. The van der Waals surface area contributed by atoms with E-state index in [0.29, 0.717) is 9.79 Å². The van der Waals surface area contributed by atoms with E-state index in [0.717, 1.165) is 12.0 Å². The number of sulfone groups is 1. The van der Waals surface area contributed by atoms with E-state index in [-0.39, 0.29) is 0 Å². The van der Waals surface area contributed by atoms with Crippen LogP contribution < -0.4 is 0 Å². The molecule has 0 amide bonds. The lowest BCUT2D eigenvalue weighted by molar-refractivity contribution is 0.556. The summed E-state index contributed by atoms with van der Waals surface area (Å²) in [6, 6.07) is 14.5. The van der Waals surface area contributed by atoms with Gasteiger partial charge in [0.05, 0.1) is 9.79 Å². The van der Waals surface area contributed by atoms with E-state index in [2.05, 4.69) is 6.92 Å². The van der Waals surface area contributed by atoms with Crippen LogP contribution in [-0.4, -0.2) is 8.42 Å². The molecular weight excluding hydrogens is 364 g/mol. The maximum absolute atomic E-state index is 12.7. The predicted molar refractivity (Wildman–Crippen MR) is 119 cm³/mol. The van der Waals surface area contributed by atoms with Crippen LogP contribution in [0.3, 0.4) is 0 Å². The summed E-state index contributed by atoms with van der Waals surface area (Å²) in [7, 11) is -3.42. The van der Waals surface area contributed by atoms with Crippen molar-refractivity contribution in [1.82, 2.24) is 0 Å². The number of hydrogen-bond acceptors (Lipinski definition) is 2. The van der Waals surface area contributed by atoms with Crippen molar-refractivity contribution in [3.05, 3.63) is 59.7 Å². The largest absolute Gasteiger partial charge is 0.219 e. The van der Waals surface area contributed by atoms with Crippen LogP contribution in [0.15, 0.2) is 58.3 Å². The minimum atomic E-state index is -3.42. The van der Waals surface area contributed by atoms with Gasteiger partial charge >= 0.3 is 0 Å². The third kappa shape index (κ3) is 7.43. The van der Waals surface area contributed by atoms with Gasteiger partial charge < -0.3 is 0 Å². The first-order valence-electron chi connectivity index (χ1n) is 10.9. The monoisotopic (exact) mass is 400 g/mol. The van der Waals surface area contributed by atoms with Gasteiger partial charge in [0.2, 0.25) is 9.84 Å². The van der Waals surface area contributed by atoms with E-state index in [4.69, 9.17) is 0 Å². The summed E-state index contributed by atoms with van der Waals surface area (Å²) in [6.07, 6.45) is 14.4. The van der Waals surface area contributed by atoms with Crippen LogP contribution in [0.25, 0.3) is 0 Å². The average molecular weight is 401 g/mol. The Labute approximate surface area is 172 Å². The van der Waals surface area contributed by atoms with Gasteiger partial charge in [0.1, 0.15) is 0 Å². The summed E-state index contributed by atoms with van der Waals surface area (Å²) in [5.74, 6) is 0. The predicted octanol–water partition coefficient (Wildman–Crippen LogP) is 7.29. The molecule has 2 aromatic carbocycles. The van der Waals surface area contributed by atoms with E-state index in [1.807, 2.05) is 31.2 Å². The Balaban J connectivity index is 1.71. The number of aryl methyl sites for hydroxylation is 2. The van der Waals surface area contributed by atoms with Gasteiger partial charge in [-0.15, -0.1) is 0 Å². The fourth-order valence-electron chi connectivity index (χ4n) is 3.51. The zero-order chi connectivity index (χ0) is 20.2. The smallest absolute Gasteiger partial charge is 0.206 e. The third-order valence-corrected chi connectivity index (χ3v) is 7.17. The van der Waals surface area contributed by atoms with E-state index in [1.165, 1.54) is 69.8 Å². The Morgan fingerprint density at radius 2 is 1.04 bits per heavy atom. The van der Waals surface area contributed by atoms with Crippen molar-refractivity contribution in [2.45, 2.75) is 94.3 Å². The van der Waals surface area contributed by atoms with E-state index in [9.17, 15) is 8.42 Å². The van der Waals surface area contributed by atoms with Gasteiger partial charge in [-0.05, 0) is 49.6 Å². The van der Waals surface area contributed by atoms with Gasteiger partial charge in [0, 0.05) is 0 Å². The van der Waals surface area contributed by atoms with Crippen molar-refractivity contribution >= 4 is 9.84 Å². The van der Waals surface area contributed by atoms with Gasteiger partial charge in [-0.3, -0.25) is 0 Å². The highest BCUT2D eigenvalue weighted by Gasteiger charge is 2.16. The van der Waals surface area contributed by atoms with E-state index < -0.39 is 9.84 Å². The quantitative estimate of drug-likeness (QED) is 0.331. The molecule has 0 N–H and O–H groups in total. The Bertz CT molecular complexity index is 774. The first-order valence-corrected chi connectivity index (χ1v) is 12.4. The zero-order valence-corrected chi connectivity index (χ0v) is 18.4. The molecular formula is C25H36O2S. The highest BCUT2D eigenvalue weighted by atomic mass is 32.2. The number of benzene rings is 2. The van der Waals surface area contributed by atoms with Crippen LogP contribution in [0, 0.1) is 6.92 Å². The normalized spacial score (nSPS) is 11.6. The third-order valence-electron chi connectivity index (χ3n) is 5.38. The minimum Gasteiger partial charge on any atom is -0.219 e. The molecule has 28 heavy (non-hydrogen) atoms. The SMILES string of the molecule is CCCCCCCCCCCCc1ccc(S(=O)(=O)c2ccc(C)cc2)cc1. The van der Waals surface area contributed by atoms with E-state index in [1.54, 1.807) is 24.3 Å². The lowest BCUT2D eigenvalue weighted by Gasteiger charge is -2.07. The molecule has 0 radical (unpaired) electrons. The molecule has 0 saturated carbocycles. The van der Waals surface area contributed by atoms with Gasteiger partial charge in [0.25, 0.3) is 0 Å². The summed E-state index contributed by atoms with van der Waals surface area (Å²) < 4.78 is 25.4. The lowest BCUT2D eigenvalue weighted by Crippen LogP contribution is -2.02. The molecule has 0 aliphatic carbocycles. The molecule has 3 heteroatoms. The second-order valence-corrected chi connectivity index (χ2v) is 9.84. The summed E-state index contributed by atoms with van der Waals surface area (Å²) in [6.45, 7) is 4.22. The van der Waals surface area contributed by atoms with Crippen LogP contribution in [0.5, 0.6) is 0 Å². The Morgan fingerprint density at radius 3 is 1.54 bits per heavy atom. The Hall–Kier alpha value is -1.61. The van der Waals surface area contributed by atoms with Crippen LogP contribution in [-0.2, 0) is 16.3 Å². The lowest BCUT2D eigenvalue weighted by atomic mass is 10.0. The Kier molecular flexibility index (Phi) is 9.77. The summed E-state index contributed by atoms with van der Waals surface area (Å²) in [4.78, 5) is 0.740. The molecule has 2 nitrogen and oxygen atoms in total. The summed E-state index contributed by atoms with van der Waals surface area (Å²) in [5.41, 5.74) is 2.29. The van der Waals surface area contributed by atoms with Crippen molar-refractivity contribution in [2.24, 2.45) is 0 Å². The van der Waals surface area contributed by atoms with Gasteiger partial charge in [-0.25, -0.2) is 8.42 Å². The molecule has 0 saturated heterocycles. The fourth-order valence-corrected chi connectivity index (χ4v) is 4.77. The minimum absolute atomic E-state index is 0.362. The summed E-state index contributed by atoms with van der Waals surface area (Å²) >= 11 is 0. The Morgan fingerprint density at radius 1 is 0.607 bits per heavy atom. The van der Waals surface area contributed by atoms with Crippen LogP contribution in [0.4, 0.5) is 0 Å². The maximum atomic E-state index is 12.7.